The normalized spacial score (nSPS) is 19.1. The second-order valence-corrected chi connectivity index (χ2v) is 5.81. The van der Waals surface area contributed by atoms with E-state index in [1.807, 2.05) is 25.1 Å². The summed E-state index contributed by atoms with van der Waals surface area (Å²) in [4.78, 5) is 12.3. The summed E-state index contributed by atoms with van der Waals surface area (Å²) in [6, 6.07) is 5.88. The maximum Gasteiger partial charge on any atom is 0.342 e. The van der Waals surface area contributed by atoms with E-state index in [0.29, 0.717) is 22.6 Å². The highest BCUT2D eigenvalue weighted by Gasteiger charge is 2.30. The third kappa shape index (κ3) is 2.46. The van der Waals surface area contributed by atoms with E-state index in [2.05, 4.69) is 0 Å². The van der Waals surface area contributed by atoms with Gasteiger partial charge in [-0.25, -0.2) is 4.79 Å². The smallest absolute Gasteiger partial charge is 0.342 e. The number of carbonyl (C=O) groups is 1. The van der Waals surface area contributed by atoms with Crippen LogP contribution in [0, 0.1) is 6.92 Å². The van der Waals surface area contributed by atoms with Gasteiger partial charge in [0, 0.05) is 16.3 Å². The number of esters is 1. The molecule has 0 N–H and O–H groups in total. The standard InChI is InChI=1S/C18H17BO4/c1-10-5-6-11-13(9-10)16(21-3)14(17(20)22-4)12-7-8-18(2,19)23-15(11)12/h5-9H,1-4H3. The van der Waals surface area contributed by atoms with Crippen LogP contribution in [0.3, 0.4) is 0 Å². The minimum absolute atomic E-state index is 0.342. The second kappa shape index (κ2) is 5.34. The molecule has 0 saturated carbocycles. The Balaban J connectivity index is 2.47. The molecule has 0 aliphatic carbocycles. The van der Waals surface area contributed by atoms with Crippen LogP contribution in [0.15, 0.2) is 24.3 Å². The predicted molar refractivity (Wildman–Crippen MR) is 90.4 cm³/mol. The molecule has 1 aliphatic rings. The molecular formula is C18H17BO4. The fourth-order valence-electron chi connectivity index (χ4n) is 2.85. The van der Waals surface area contributed by atoms with Crippen molar-refractivity contribution in [3.63, 3.8) is 0 Å². The van der Waals surface area contributed by atoms with Crippen LogP contribution in [0.5, 0.6) is 11.5 Å². The molecule has 5 heteroatoms. The van der Waals surface area contributed by atoms with Gasteiger partial charge in [-0.05, 0) is 19.9 Å². The fraction of sp³-hybridized carbons (Fsp3) is 0.278. The summed E-state index contributed by atoms with van der Waals surface area (Å²) in [6.07, 6.45) is 3.49. The van der Waals surface area contributed by atoms with Crippen molar-refractivity contribution in [2.75, 3.05) is 14.2 Å². The number of fused-ring (bicyclic) bond motifs is 3. The zero-order valence-corrected chi connectivity index (χ0v) is 13.6. The zero-order chi connectivity index (χ0) is 16.8. The molecule has 0 fully saturated rings. The van der Waals surface area contributed by atoms with Crippen molar-refractivity contribution in [1.82, 2.24) is 0 Å². The summed E-state index contributed by atoms with van der Waals surface area (Å²) >= 11 is 0. The molecule has 2 radical (unpaired) electrons. The van der Waals surface area contributed by atoms with Gasteiger partial charge in [-0.1, -0.05) is 29.8 Å². The van der Waals surface area contributed by atoms with E-state index in [1.165, 1.54) is 14.2 Å². The molecule has 0 amide bonds. The molecule has 0 aromatic heterocycles. The molecule has 3 rings (SSSR count). The molecule has 1 atom stereocenters. The molecule has 0 spiro atoms. The van der Waals surface area contributed by atoms with Crippen molar-refractivity contribution < 1.29 is 19.0 Å². The van der Waals surface area contributed by atoms with Crippen LogP contribution < -0.4 is 9.47 Å². The van der Waals surface area contributed by atoms with E-state index in [9.17, 15) is 4.79 Å². The van der Waals surface area contributed by atoms with Gasteiger partial charge in [-0.2, -0.15) is 0 Å². The molecule has 1 aliphatic heterocycles. The van der Waals surface area contributed by atoms with E-state index in [4.69, 9.17) is 22.1 Å². The highest BCUT2D eigenvalue weighted by Crippen LogP contribution is 2.45. The van der Waals surface area contributed by atoms with Crippen molar-refractivity contribution in [2.45, 2.75) is 19.3 Å². The van der Waals surface area contributed by atoms with Gasteiger partial charge in [-0.3, -0.25) is 0 Å². The molecule has 0 saturated heterocycles. The van der Waals surface area contributed by atoms with Gasteiger partial charge in [0.15, 0.2) is 0 Å². The Morgan fingerprint density at radius 1 is 1.26 bits per heavy atom. The van der Waals surface area contributed by atoms with Crippen molar-refractivity contribution >= 4 is 30.7 Å². The van der Waals surface area contributed by atoms with Gasteiger partial charge < -0.3 is 14.2 Å². The summed E-state index contributed by atoms with van der Waals surface area (Å²) in [6.45, 7) is 3.73. The number of hydrogen-bond acceptors (Lipinski definition) is 4. The summed E-state index contributed by atoms with van der Waals surface area (Å²) in [5.74, 6) is 0.562. The van der Waals surface area contributed by atoms with E-state index in [1.54, 1.807) is 19.1 Å². The van der Waals surface area contributed by atoms with E-state index in [0.717, 1.165) is 16.3 Å². The van der Waals surface area contributed by atoms with Crippen LogP contribution >= 0.6 is 0 Å². The van der Waals surface area contributed by atoms with Crippen molar-refractivity contribution in [3.8, 4) is 11.5 Å². The molecule has 2 aromatic rings. The Bertz CT molecular complexity index is 837. The van der Waals surface area contributed by atoms with Crippen LogP contribution in [0.4, 0.5) is 0 Å². The molecule has 0 bridgehead atoms. The number of rotatable bonds is 2. The second-order valence-electron chi connectivity index (χ2n) is 5.81. The highest BCUT2D eigenvalue weighted by molar-refractivity contribution is 6.17. The summed E-state index contributed by atoms with van der Waals surface area (Å²) in [7, 11) is 8.97. The zero-order valence-electron chi connectivity index (χ0n) is 13.6. The lowest BCUT2D eigenvalue weighted by Gasteiger charge is -2.31. The Morgan fingerprint density at radius 2 is 2.00 bits per heavy atom. The molecule has 2 aromatic carbocycles. The quantitative estimate of drug-likeness (QED) is 0.631. The number of carbonyl (C=O) groups excluding carboxylic acids is 1. The third-order valence-corrected chi connectivity index (χ3v) is 3.90. The first-order valence-corrected chi connectivity index (χ1v) is 7.27. The largest absolute Gasteiger partial charge is 0.495 e. The van der Waals surface area contributed by atoms with Gasteiger partial charge in [0.1, 0.15) is 24.9 Å². The molecular weight excluding hydrogens is 291 g/mol. The maximum atomic E-state index is 12.3. The van der Waals surface area contributed by atoms with Crippen molar-refractivity contribution in [1.29, 1.82) is 0 Å². The third-order valence-electron chi connectivity index (χ3n) is 3.90. The Kier molecular flexibility index (Phi) is 3.59. The van der Waals surface area contributed by atoms with Crippen LogP contribution in [0.2, 0.25) is 0 Å². The van der Waals surface area contributed by atoms with Crippen LogP contribution in [0.25, 0.3) is 16.8 Å². The fourth-order valence-corrected chi connectivity index (χ4v) is 2.85. The molecule has 1 unspecified atom stereocenters. The number of benzene rings is 2. The Hall–Kier alpha value is -2.43. The van der Waals surface area contributed by atoms with Crippen LogP contribution in [-0.4, -0.2) is 33.5 Å². The van der Waals surface area contributed by atoms with Gasteiger partial charge in [-0.15, -0.1) is 0 Å². The summed E-state index contributed by atoms with van der Waals surface area (Å²) in [5, 5.41) is 1.63. The Morgan fingerprint density at radius 3 is 2.65 bits per heavy atom. The monoisotopic (exact) mass is 308 g/mol. The topological polar surface area (TPSA) is 44.8 Å². The first kappa shape index (κ1) is 15.5. The number of hydrogen-bond donors (Lipinski definition) is 0. The number of ether oxygens (including phenoxy) is 3. The van der Waals surface area contributed by atoms with Gasteiger partial charge >= 0.3 is 5.97 Å². The van der Waals surface area contributed by atoms with Crippen LogP contribution in [-0.2, 0) is 4.74 Å². The minimum Gasteiger partial charge on any atom is -0.495 e. The minimum atomic E-state index is -0.938. The van der Waals surface area contributed by atoms with Gasteiger partial charge in [0.05, 0.1) is 19.7 Å². The first-order valence-electron chi connectivity index (χ1n) is 7.27. The first-order chi connectivity index (χ1) is 10.9. The predicted octanol–water partition coefficient (Wildman–Crippen LogP) is 3.23. The van der Waals surface area contributed by atoms with Gasteiger partial charge in [0.2, 0.25) is 0 Å². The highest BCUT2D eigenvalue weighted by atomic mass is 16.5. The molecule has 116 valence electrons. The molecule has 1 heterocycles. The van der Waals surface area contributed by atoms with Crippen LogP contribution in [0.1, 0.15) is 28.4 Å². The SMILES string of the molecule is [B]C1(C)C=Cc2c(C(=O)OC)c(OC)c3cc(C)ccc3c2O1. The summed E-state index contributed by atoms with van der Waals surface area (Å²) in [5.41, 5.74) is 1.07. The lowest BCUT2D eigenvalue weighted by Crippen LogP contribution is -2.32. The lowest BCUT2D eigenvalue weighted by molar-refractivity contribution is 0.0596. The average Bonchev–Trinajstić information content (AvgIpc) is 2.51. The number of methoxy groups -OCH3 is 2. The van der Waals surface area contributed by atoms with E-state index < -0.39 is 11.5 Å². The van der Waals surface area contributed by atoms with Gasteiger partial charge in [0.25, 0.3) is 0 Å². The van der Waals surface area contributed by atoms with E-state index in [-0.39, 0.29) is 0 Å². The number of aryl methyl sites for hydroxylation is 1. The molecule has 4 nitrogen and oxygen atoms in total. The summed E-state index contributed by atoms with van der Waals surface area (Å²) < 4.78 is 16.4. The van der Waals surface area contributed by atoms with Crippen molar-refractivity contribution in [3.05, 3.63) is 41.0 Å². The average molecular weight is 308 g/mol. The lowest BCUT2D eigenvalue weighted by atomic mass is 9.80. The maximum absolute atomic E-state index is 12.3. The Labute approximate surface area is 136 Å². The van der Waals surface area contributed by atoms with Crippen molar-refractivity contribution in [2.24, 2.45) is 0 Å². The molecule has 23 heavy (non-hydrogen) atoms. The van der Waals surface area contributed by atoms with E-state index >= 15 is 0 Å².